The van der Waals surface area contributed by atoms with Crippen molar-refractivity contribution < 1.29 is 26.3 Å². The number of benzene rings is 3. The number of alkyl halides is 6. The summed E-state index contributed by atoms with van der Waals surface area (Å²) in [5, 5.41) is 0. The summed E-state index contributed by atoms with van der Waals surface area (Å²) in [4.78, 5) is 4.31. The Morgan fingerprint density at radius 3 is 1.56 bits per heavy atom. The fourth-order valence-electron chi connectivity index (χ4n) is 3.37. The first-order chi connectivity index (χ1) is 15.1. The molecule has 7 heteroatoms. The molecule has 1 nitrogen and oxygen atoms in total. The molecule has 0 aliphatic rings. The molecule has 32 heavy (non-hydrogen) atoms. The van der Waals surface area contributed by atoms with E-state index in [9.17, 15) is 26.3 Å². The molecule has 1 aromatic heterocycles. The second-order valence-electron chi connectivity index (χ2n) is 7.17. The summed E-state index contributed by atoms with van der Waals surface area (Å²) in [5.41, 5.74) is 0.722. The Kier molecular flexibility index (Phi) is 5.50. The van der Waals surface area contributed by atoms with E-state index in [2.05, 4.69) is 4.98 Å². The SMILES string of the molecule is FC(F)(F)c1cc(-c2ccc(-c3cccc(-c4ccccn4)c3)cc2)cc(C(F)(F)F)c1. The standard InChI is InChI=1S/C25H15F6N/c26-24(27,28)21-13-20(14-22(15-21)25(29,30)31)17-9-7-16(8-10-17)18-4-3-5-19(12-18)23-6-1-2-11-32-23/h1-15H. The predicted octanol–water partition coefficient (Wildman–Crippen LogP) is 8.12. The van der Waals surface area contributed by atoms with Crippen LogP contribution in [0.25, 0.3) is 33.5 Å². The number of rotatable bonds is 3. The molecule has 0 aliphatic heterocycles. The molecule has 0 saturated heterocycles. The molecule has 0 N–H and O–H groups in total. The highest BCUT2D eigenvalue weighted by Gasteiger charge is 2.37. The van der Waals surface area contributed by atoms with Gasteiger partial charge in [-0.25, -0.2) is 0 Å². The van der Waals surface area contributed by atoms with Gasteiger partial charge in [0.15, 0.2) is 0 Å². The lowest BCUT2D eigenvalue weighted by Gasteiger charge is -2.14. The summed E-state index contributed by atoms with van der Waals surface area (Å²) in [6.45, 7) is 0. The van der Waals surface area contributed by atoms with Crippen LogP contribution in [0.2, 0.25) is 0 Å². The highest BCUT2D eigenvalue weighted by molar-refractivity contribution is 5.74. The Morgan fingerprint density at radius 2 is 1.03 bits per heavy atom. The number of aromatic nitrogens is 1. The zero-order valence-electron chi connectivity index (χ0n) is 16.4. The van der Waals surface area contributed by atoms with E-state index in [0.29, 0.717) is 0 Å². The van der Waals surface area contributed by atoms with Crippen LogP contribution in [0.4, 0.5) is 26.3 Å². The molecule has 3 aromatic carbocycles. The van der Waals surface area contributed by atoms with Gasteiger partial charge in [0.2, 0.25) is 0 Å². The molecule has 0 atom stereocenters. The minimum absolute atomic E-state index is 0.126. The second-order valence-corrected chi connectivity index (χ2v) is 7.17. The van der Waals surface area contributed by atoms with Crippen LogP contribution >= 0.6 is 0 Å². The van der Waals surface area contributed by atoms with E-state index in [1.165, 1.54) is 12.1 Å². The van der Waals surface area contributed by atoms with Crippen LogP contribution in [0.3, 0.4) is 0 Å². The Bertz CT molecular complexity index is 1190. The van der Waals surface area contributed by atoms with E-state index < -0.39 is 23.5 Å². The first-order valence-corrected chi connectivity index (χ1v) is 9.53. The quantitative estimate of drug-likeness (QED) is 0.291. The predicted molar refractivity (Wildman–Crippen MR) is 111 cm³/mol. The van der Waals surface area contributed by atoms with Gasteiger partial charge in [0.1, 0.15) is 0 Å². The molecule has 0 saturated carbocycles. The lowest BCUT2D eigenvalue weighted by molar-refractivity contribution is -0.143. The van der Waals surface area contributed by atoms with Gasteiger partial charge < -0.3 is 0 Å². The number of hydrogen-bond acceptors (Lipinski definition) is 1. The monoisotopic (exact) mass is 443 g/mol. The molecule has 0 spiro atoms. The Morgan fingerprint density at radius 1 is 0.469 bits per heavy atom. The van der Waals surface area contributed by atoms with E-state index in [-0.39, 0.29) is 17.2 Å². The van der Waals surface area contributed by atoms with Crippen molar-refractivity contribution in [3.05, 3.63) is 102 Å². The smallest absolute Gasteiger partial charge is 0.256 e. The van der Waals surface area contributed by atoms with Crippen molar-refractivity contribution in [1.82, 2.24) is 4.98 Å². The third-order valence-corrected chi connectivity index (χ3v) is 4.96. The first kappa shape index (κ1) is 21.6. The zero-order chi connectivity index (χ0) is 22.9. The van der Waals surface area contributed by atoms with Crippen LogP contribution in [-0.2, 0) is 12.4 Å². The molecule has 4 aromatic rings. The van der Waals surface area contributed by atoms with Gasteiger partial charge in [-0.05, 0) is 58.7 Å². The molecule has 0 fully saturated rings. The molecule has 0 radical (unpaired) electrons. The van der Waals surface area contributed by atoms with E-state index in [0.717, 1.165) is 34.5 Å². The molecule has 0 aliphatic carbocycles. The Labute approximate surface area is 180 Å². The second kappa shape index (κ2) is 8.15. The topological polar surface area (TPSA) is 12.9 Å². The van der Waals surface area contributed by atoms with Crippen molar-refractivity contribution >= 4 is 0 Å². The fourth-order valence-corrected chi connectivity index (χ4v) is 3.37. The van der Waals surface area contributed by atoms with Crippen LogP contribution < -0.4 is 0 Å². The van der Waals surface area contributed by atoms with Gasteiger partial charge in [-0.2, -0.15) is 26.3 Å². The van der Waals surface area contributed by atoms with Gasteiger partial charge in [0, 0.05) is 11.8 Å². The molecule has 0 bridgehead atoms. The van der Waals surface area contributed by atoms with E-state index in [1.807, 2.05) is 42.5 Å². The molecule has 162 valence electrons. The summed E-state index contributed by atoms with van der Waals surface area (Å²) in [6.07, 6.45) is -8.09. The maximum atomic E-state index is 13.1. The third-order valence-electron chi connectivity index (χ3n) is 4.96. The van der Waals surface area contributed by atoms with Crippen LogP contribution in [-0.4, -0.2) is 4.98 Å². The lowest BCUT2D eigenvalue weighted by atomic mass is 9.96. The highest BCUT2D eigenvalue weighted by atomic mass is 19.4. The normalized spacial score (nSPS) is 12.1. The number of hydrogen-bond donors (Lipinski definition) is 0. The third kappa shape index (κ3) is 4.66. The summed E-state index contributed by atoms with van der Waals surface area (Å²) in [5.74, 6) is 0. The van der Waals surface area contributed by atoms with Crippen molar-refractivity contribution in [3.63, 3.8) is 0 Å². The zero-order valence-corrected chi connectivity index (χ0v) is 16.4. The van der Waals surface area contributed by atoms with Crippen LogP contribution in [0, 0.1) is 0 Å². The van der Waals surface area contributed by atoms with Crippen molar-refractivity contribution in [1.29, 1.82) is 0 Å². The van der Waals surface area contributed by atoms with E-state index in [4.69, 9.17) is 0 Å². The van der Waals surface area contributed by atoms with Crippen LogP contribution in [0.1, 0.15) is 11.1 Å². The summed E-state index contributed by atoms with van der Waals surface area (Å²) in [6, 6.07) is 21.0. The molecule has 0 amide bonds. The van der Waals surface area contributed by atoms with Gasteiger partial charge in [-0.3, -0.25) is 4.98 Å². The number of halogens is 6. The molecular formula is C25H15F6N. The number of nitrogens with zero attached hydrogens (tertiary/aromatic N) is 1. The van der Waals surface area contributed by atoms with Crippen LogP contribution in [0.5, 0.6) is 0 Å². The average molecular weight is 443 g/mol. The van der Waals surface area contributed by atoms with Crippen LogP contribution in [0.15, 0.2) is 91.1 Å². The van der Waals surface area contributed by atoms with Gasteiger partial charge in [-0.15, -0.1) is 0 Å². The largest absolute Gasteiger partial charge is 0.416 e. The minimum Gasteiger partial charge on any atom is -0.256 e. The first-order valence-electron chi connectivity index (χ1n) is 9.53. The maximum Gasteiger partial charge on any atom is 0.416 e. The minimum atomic E-state index is -4.89. The van der Waals surface area contributed by atoms with Crippen molar-refractivity contribution in [2.24, 2.45) is 0 Å². The van der Waals surface area contributed by atoms with Crippen molar-refractivity contribution in [3.8, 4) is 33.5 Å². The van der Waals surface area contributed by atoms with Gasteiger partial charge in [0.25, 0.3) is 0 Å². The average Bonchev–Trinajstić information content (AvgIpc) is 2.78. The fraction of sp³-hybridized carbons (Fsp3) is 0.0800. The van der Waals surface area contributed by atoms with Crippen molar-refractivity contribution in [2.45, 2.75) is 12.4 Å². The Balaban J connectivity index is 1.71. The Hall–Kier alpha value is -3.61. The van der Waals surface area contributed by atoms with E-state index >= 15 is 0 Å². The van der Waals surface area contributed by atoms with E-state index in [1.54, 1.807) is 18.3 Å². The highest BCUT2D eigenvalue weighted by Crippen LogP contribution is 2.39. The molecular weight excluding hydrogens is 428 g/mol. The van der Waals surface area contributed by atoms with Crippen molar-refractivity contribution in [2.75, 3.05) is 0 Å². The lowest BCUT2D eigenvalue weighted by Crippen LogP contribution is -2.11. The summed E-state index contributed by atoms with van der Waals surface area (Å²) < 4.78 is 78.9. The van der Waals surface area contributed by atoms with Gasteiger partial charge >= 0.3 is 12.4 Å². The van der Waals surface area contributed by atoms with Gasteiger partial charge in [-0.1, -0.05) is 48.5 Å². The van der Waals surface area contributed by atoms with Gasteiger partial charge in [0.05, 0.1) is 16.8 Å². The maximum absolute atomic E-state index is 13.1. The molecule has 0 unspecified atom stereocenters. The number of pyridine rings is 1. The molecule has 4 rings (SSSR count). The summed E-state index contributed by atoms with van der Waals surface area (Å²) in [7, 11) is 0. The molecule has 1 heterocycles. The summed E-state index contributed by atoms with van der Waals surface area (Å²) >= 11 is 0.